The molecule has 4 heteroatoms. The number of aryl methyl sites for hydroxylation is 1. The molecular weight excluding hydrogens is 208 g/mol. The molecule has 1 aromatic heterocycles. The summed E-state index contributed by atoms with van der Waals surface area (Å²) < 4.78 is 5.63. The summed E-state index contributed by atoms with van der Waals surface area (Å²) in [6, 6.07) is 0.425. The molecule has 1 saturated heterocycles. The van der Waals surface area contributed by atoms with Crippen LogP contribution < -0.4 is 5.32 Å². The van der Waals surface area contributed by atoms with E-state index in [-0.39, 0.29) is 0 Å². The van der Waals surface area contributed by atoms with E-state index in [9.17, 15) is 0 Å². The Hall–Kier alpha value is -0.450. The number of aromatic nitrogens is 1. The molecule has 2 unspecified atom stereocenters. The summed E-state index contributed by atoms with van der Waals surface area (Å²) >= 11 is 1.71. The predicted molar refractivity (Wildman–Crippen MR) is 62.1 cm³/mol. The first-order chi connectivity index (χ1) is 7.25. The Morgan fingerprint density at radius 1 is 1.73 bits per heavy atom. The van der Waals surface area contributed by atoms with Gasteiger partial charge in [0.05, 0.1) is 16.8 Å². The van der Waals surface area contributed by atoms with Crippen LogP contribution in [-0.2, 0) is 11.3 Å². The van der Waals surface area contributed by atoms with Crippen molar-refractivity contribution in [1.82, 2.24) is 10.3 Å². The maximum atomic E-state index is 5.63. The zero-order chi connectivity index (χ0) is 10.7. The lowest BCUT2D eigenvalue weighted by Gasteiger charge is -2.19. The lowest BCUT2D eigenvalue weighted by atomic mass is 10.1. The number of nitrogens with one attached hydrogen (secondary N) is 1. The highest BCUT2D eigenvalue weighted by Crippen LogP contribution is 2.16. The van der Waals surface area contributed by atoms with E-state index in [4.69, 9.17) is 4.74 Å². The second-order valence-electron chi connectivity index (χ2n) is 4.08. The maximum absolute atomic E-state index is 5.63. The Balaban J connectivity index is 1.77. The largest absolute Gasteiger partial charge is 0.377 e. The summed E-state index contributed by atoms with van der Waals surface area (Å²) in [6.07, 6.45) is 2.78. The molecule has 0 aromatic carbocycles. The second kappa shape index (κ2) is 5.05. The monoisotopic (exact) mass is 226 g/mol. The average molecular weight is 226 g/mol. The predicted octanol–water partition coefficient (Wildman–Crippen LogP) is 2.11. The van der Waals surface area contributed by atoms with Crippen LogP contribution in [0.1, 0.15) is 30.5 Å². The molecule has 84 valence electrons. The van der Waals surface area contributed by atoms with Crippen LogP contribution in [0.25, 0.3) is 0 Å². The number of nitrogens with zero attached hydrogens (tertiary/aromatic N) is 1. The first kappa shape index (κ1) is 11.0. The van der Waals surface area contributed by atoms with Crippen molar-refractivity contribution >= 4 is 11.3 Å². The summed E-state index contributed by atoms with van der Waals surface area (Å²) in [5, 5.41) is 6.72. The highest BCUT2D eigenvalue weighted by Gasteiger charge is 2.21. The molecule has 1 fully saturated rings. The van der Waals surface area contributed by atoms with E-state index in [2.05, 4.69) is 22.6 Å². The molecule has 1 N–H and O–H groups in total. The quantitative estimate of drug-likeness (QED) is 0.854. The van der Waals surface area contributed by atoms with Crippen LogP contribution in [0, 0.1) is 6.92 Å². The number of hydrogen-bond acceptors (Lipinski definition) is 4. The van der Waals surface area contributed by atoms with Gasteiger partial charge in [0.25, 0.3) is 0 Å². The smallest absolute Gasteiger partial charge is 0.0897 e. The molecule has 0 radical (unpaired) electrons. The molecule has 1 aliphatic rings. The van der Waals surface area contributed by atoms with Gasteiger partial charge in [0.2, 0.25) is 0 Å². The number of thiazole rings is 1. The van der Waals surface area contributed by atoms with Crippen molar-refractivity contribution in [2.75, 3.05) is 6.61 Å². The van der Waals surface area contributed by atoms with Gasteiger partial charge in [-0.1, -0.05) is 0 Å². The molecule has 3 nitrogen and oxygen atoms in total. The normalized spacial score (nSPS) is 23.2. The van der Waals surface area contributed by atoms with Crippen LogP contribution in [0.15, 0.2) is 5.38 Å². The van der Waals surface area contributed by atoms with Gasteiger partial charge in [-0.15, -0.1) is 11.3 Å². The standard InChI is InChI=1S/C11H18N2OS/c1-8(11-4-3-5-14-11)12-6-10-7-15-9(2)13-10/h7-8,11-12H,3-6H2,1-2H3. The Morgan fingerprint density at radius 3 is 3.20 bits per heavy atom. The summed E-state index contributed by atoms with van der Waals surface area (Å²) in [5.74, 6) is 0. The lowest BCUT2D eigenvalue weighted by Crippen LogP contribution is -2.36. The van der Waals surface area contributed by atoms with E-state index in [1.54, 1.807) is 11.3 Å². The molecule has 1 aromatic rings. The van der Waals surface area contributed by atoms with Gasteiger partial charge in [-0.25, -0.2) is 4.98 Å². The third kappa shape index (κ3) is 3.00. The van der Waals surface area contributed by atoms with Crippen LogP contribution in [0.4, 0.5) is 0 Å². The summed E-state index contributed by atoms with van der Waals surface area (Å²) in [5.41, 5.74) is 1.14. The van der Waals surface area contributed by atoms with Gasteiger partial charge in [0.15, 0.2) is 0 Å². The van der Waals surface area contributed by atoms with Crippen LogP contribution in [0.5, 0.6) is 0 Å². The van der Waals surface area contributed by atoms with Crippen LogP contribution >= 0.6 is 11.3 Å². The summed E-state index contributed by atoms with van der Waals surface area (Å²) in [7, 11) is 0. The molecule has 0 amide bonds. The Kier molecular flexibility index (Phi) is 3.72. The molecule has 15 heavy (non-hydrogen) atoms. The van der Waals surface area contributed by atoms with E-state index in [0.717, 1.165) is 23.9 Å². The molecule has 2 atom stereocenters. The highest BCUT2D eigenvalue weighted by atomic mass is 32.1. The van der Waals surface area contributed by atoms with Crippen molar-refractivity contribution in [2.24, 2.45) is 0 Å². The van der Waals surface area contributed by atoms with Gasteiger partial charge in [-0.05, 0) is 26.7 Å². The minimum absolute atomic E-state index is 0.393. The van der Waals surface area contributed by atoms with Gasteiger partial charge in [-0.2, -0.15) is 0 Å². The maximum Gasteiger partial charge on any atom is 0.0897 e. The highest BCUT2D eigenvalue weighted by molar-refractivity contribution is 7.09. The summed E-state index contributed by atoms with van der Waals surface area (Å²) in [4.78, 5) is 4.42. The number of ether oxygens (including phenoxy) is 1. The van der Waals surface area contributed by atoms with Gasteiger partial charge < -0.3 is 10.1 Å². The fourth-order valence-electron chi connectivity index (χ4n) is 1.88. The SMILES string of the molecule is Cc1nc(CNC(C)C2CCCO2)cs1. The zero-order valence-corrected chi connectivity index (χ0v) is 10.1. The fraction of sp³-hybridized carbons (Fsp3) is 0.727. The van der Waals surface area contributed by atoms with E-state index >= 15 is 0 Å². The number of hydrogen-bond donors (Lipinski definition) is 1. The van der Waals surface area contributed by atoms with Crippen molar-refractivity contribution < 1.29 is 4.74 Å². The Labute approximate surface area is 94.9 Å². The third-order valence-electron chi connectivity index (χ3n) is 2.79. The van der Waals surface area contributed by atoms with E-state index < -0.39 is 0 Å². The molecule has 0 bridgehead atoms. The molecule has 0 aliphatic carbocycles. The number of rotatable bonds is 4. The fourth-order valence-corrected chi connectivity index (χ4v) is 2.50. The first-order valence-electron chi connectivity index (χ1n) is 5.51. The Bertz CT molecular complexity index is 307. The van der Waals surface area contributed by atoms with Crippen molar-refractivity contribution in [2.45, 2.75) is 45.4 Å². The van der Waals surface area contributed by atoms with Gasteiger partial charge in [0.1, 0.15) is 0 Å². The van der Waals surface area contributed by atoms with Crippen molar-refractivity contribution in [1.29, 1.82) is 0 Å². The first-order valence-corrected chi connectivity index (χ1v) is 6.39. The molecule has 1 aliphatic heterocycles. The van der Waals surface area contributed by atoms with Gasteiger partial charge >= 0.3 is 0 Å². The van der Waals surface area contributed by atoms with Crippen LogP contribution in [0.3, 0.4) is 0 Å². The van der Waals surface area contributed by atoms with E-state index in [1.165, 1.54) is 12.8 Å². The molecule has 0 saturated carbocycles. The minimum atomic E-state index is 0.393. The van der Waals surface area contributed by atoms with Gasteiger partial charge in [0, 0.05) is 24.6 Å². The average Bonchev–Trinajstić information content (AvgIpc) is 2.84. The molecule has 2 heterocycles. The van der Waals surface area contributed by atoms with Crippen LogP contribution in [0.2, 0.25) is 0 Å². The molecular formula is C11H18N2OS. The summed E-state index contributed by atoms with van der Waals surface area (Å²) in [6.45, 7) is 6.00. The van der Waals surface area contributed by atoms with E-state index in [1.807, 2.05) is 6.92 Å². The third-order valence-corrected chi connectivity index (χ3v) is 3.62. The van der Waals surface area contributed by atoms with Crippen molar-refractivity contribution in [3.8, 4) is 0 Å². The minimum Gasteiger partial charge on any atom is -0.377 e. The molecule has 0 spiro atoms. The van der Waals surface area contributed by atoms with E-state index in [0.29, 0.717) is 12.1 Å². The topological polar surface area (TPSA) is 34.2 Å². The Morgan fingerprint density at radius 2 is 2.60 bits per heavy atom. The van der Waals surface area contributed by atoms with Gasteiger partial charge in [-0.3, -0.25) is 0 Å². The van der Waals surface area contributed by atoms with Crippen molar-refractivity contribution in [3.63, 3.8) is 0 Å². The second-order valence-corrected chi connectivity index (χ2v) is 5.14. The van der Waals surface area contributed by atoms with Crippen LogP contribution in [-0.4, -0.2) is 23.7 Å². The molecule has 2 rings (SSSR count). The van der Waals surface area contributed by atoms with Crippen molar-refractivity contribution in [3.05, 3.63) is 16.1 Å². The lowest BCUT2D eigenvalue weighted by molar-refractivity contribution is 0.0831. The zero-order valence-electron chi connectivity index (χ0n) is 9.32.